The number of carbonyl (C=O) groups excluding carboxylic acids is 1. The van der Waals surface area contributed by atoms with E-state index in [-0.39, 0.29) is 27.8 Å². The lowest BCUT2D eigenvalue weighted by molar-refractivity contribution is -0.139. The number of amides is 1. The van der Waals surface area contributed by atoms with E-state index in [9.17, 15) is 23.1 Å². The molecule has 0 aliphatic rings. The monoisotopic (exact) mass is 376 g/mol. The molecule has 1 amide bonds. The number of nitrogens with zero attached hydrogens (tertiary/aromatic N) is 1. The van der Waals surface area contributed by atoms with Crippen molar-refractivity contribution in [2.45, 2.75) is 31.2 Å². The molecule has 0 bridgehead atoms. The Morgan fingerprint density at radius 1 is 1.29 bits per heavy atom. The van der Waals surface area contributed by atoms with Gasteiger partial charge in [-0.1, -0.05) is 25.4 Å². The average molecular weight is 377 g/mol. The maximum atomic E-state index is 12.3. The maximum Gasteiger partial charge on any atom is 0.326 e. The van der Waals surface area contributed by atoms with Crippen molar-refractivity contribution in [1.82, 2.24) is 9.62 Å². The lowest BCUT2D eigenvalue weighted by atomic mass is 10.0. The first-order valence-corrected chi connectivity index (χ1v) is 9.04. The molecule has 1 atom stereocenters. The topological polar surface area (TPSA) is 104 Å². The minimum atomic E-state index is -3.82. The summed E-state index contributed by atoms with van der Waals surface area (Å²) in [5.41, 5.74) is 0.0230. The fraction of sp³-hybridized carbons (Fsp3) is 0.467. The average Bonchev–Trinajstić information content (AvgIpc) is 2.45. The zero-order chi connectivity index (χ0) is 18.7. The van der Waals surface area contributed by atoms with Crippen LogP contribution in [0.3, 0.4) is 0 Å². The zero-order valence-electron chi connectivity index (χ0n) is 13.9. The molecule has 1 aromatic carbocycles. The number of halogens is 1. The maximum absolute atomic E-state index is 12.3. The molecule has 0 aliphatic carbocycles. The smallest absolute Gasteiger partial charge is 0.326 e. The van der Waals surface area contributed by atoms with Gasteiger partial charge in [0, 0.05) is 19.7 Å². The summed E-state index contributed by atoms with van der Waals surface area (Å²) in [5, 5.41) is 11.6. The second-order valence-corrected chi connectivity index (χ2v) is 8.45. The van der Waals surface area contributed by atoms with Gasteiger partial charge in [0.25, 0.3) is 5.91 Å². The minimum absolute atomic E-state index is 0.0165. The lowest BCUT2D eigenvalue weighted by Gasteiger charge is -2.17. The third kappa shape index (κ3) is 4.93. The van der Waals surface area contributed by atoms with E-state index in [2.05, 4.69) is 5.32 Å². The van der Waals surface area contributed by atoms with Gasteiger partial charge in [-0.2, -0.15) is 0 Å². The van der Waals surface area contributed by atoms with Gasteiger partial charge in [0.2, 0.25) is 10.0 Å². The minimum Gasteiger partial charge on any atom is -0.480 e. The van der Waals surface area contributed by atoms with E-state index >= 15 is 0 Å². The molecule has 0 unspecified atom stereocenters. The number of benzene rings is 1. The molecule has 0 radical (unpaired) electrons. The Balaban J connectivity index is 3.15. The highest BCUT2D eigenvalue weighted by molar-refractivity contribution is 7.89. The summed E-state index contributed by atoms with van der Waals surface area (Å²) in [5.74, 6) is -1.75. The van der Waals surface area contributed by atoms with E-state index in [1.807, 2.05) is 13.8 Å². The van der Waals surface area contributed by atoms with Crippen molar-refractivity contribution in [2.24, 2.45) is 5.92 Å². The Morgan fingerprint density at radius 2 is 1.88 bits per heavy atom. The van der Waals surface area contributed by atoms with Crippen molar-refractivity contribution in [3.63, 3.8) is 0 Å². The van der Waals surface area contributed by atoms with Gasteiger partial charge in [0.15, 0.2) is 0 Å². The molecule has 1 rings (SSSR count). The molecule has 0 aliphatic heterocycles. The summed E-state index contributed by atoms with van der Waals surface area (Å²) >= 11 is 5.92. The Morgan fingerprint density at radius 3 is 2.33 bits per heavy atom. The van der Waals surface area contributed by atoms with Crippen LogP contribution in [0.1, 0.15) is 30.6 Å². The molecule has 0 saturated carbocycles. The van der Waals surface area contributed by atoms with Crippen LogP contribution in [-0.4, -0.2) is 49.8 Å². The van der Waals surface area contributed by atoms with Crippen LogP contribution >= 0.6 is 11.6 Å². The number of carboxylic acid groups (broad SMARTS) is 1. The number of carboxylic acids is 1. The summed E-state index contributed by atoms with van der Waals surface area (Å²) in [6, 6.07) is 2.73. The number of carbonyl (C=O) groups is 2. The summed E-state index contributed by atoms with van der Waals surface area (Å²) in [7, 11) is -1.12. The molecule has 0 aromatic heterocycles. The van der Waals surface area contributed by atoms with Crippen molar-refractivity contribution < 1.29 is 23.1 Å². The molecule has 134 valence electrons. The van der Waals surface area contributed by atoms with Gasteiger partial charge < -0.3 is 10.4 Å². The zero-order valence-corrected chi connectivity index (χ0v) is 15.5. The first kappa shape index (κ1) is 20.4. The predicted octanol–water partition coefficient (Wildman–Crippen LogP) is 1.82. The van der Waals surface area contributed by atoms with Crippen LogP contribution in [0.15, 0.2) is 23.1 Å². The van der Waals surface area contributed by atoms with Crippen LogP contribution in [0.4, 0.5) is 0 Å². The van der Waals surface area contributed by atoms with E-state index in [4.69, 9.17) is 11.6 Å². The molecular weight excluding hydrogens is 356 g/mol. The third-order valence-electron chi connectivity index (χ3n) is 3.26. The van der Waals surface area contributed by atoms with E-state index in [0.29, 0.717) is 0 Å². The van der Waals surface area contributed by atoms with Crippen molar-refractivity contribution in [2.75, 3.05) is 14.1 Å². The van der Waals surface area contributed by atoms with Crippen LogP contribution in [-0.2, 0) is 14.8 Å². The van der Waals surface area contributed by atoms with E-state index in [1.165, 1.54) is 26.2 Å². The van der Waals surface area contributed by atoms with Gasteiger partial charge in [-0.25, -0.2) is 17.5 Å². The highest BCUT2D eigenvalue weighted by Gasteiger charge is 2.25. The Bertz CT molecular complexity index is 731. The van der Waals surface area contributed by atoms with Crippen molar-refractivity contribution in [3.8, 4) is 0 Å². The predicted molar refractivity (Wildman–Crippen MR) is 90.7 cm³/mol. The van der Waals surface area contributed by atoms with Crippen LogP contribution in [0.2, 0.25) is 5.02 Å². The van der Waals surface area contributed by atoms with Crippen LogP contribution in [0, 0.1) is 5.92 Å². The van der Waals surface area contributed by atoms with Gasteiger partial charge in [-0.15, -0.1) is 0 Å². The summed E-state index contributed by atoms with van der Waals surface area (Å²) in [4.78, 5) is 23.3. The van der Waals surface area contributed by atoms with Gasteiger partial charge in [-0.3, -0.25) is 4.79 Å². The second kappa shape index (κ2) is 7.96. The fourth-order valence-corrected chi connectivity index (χ4v) is 3.37. The molecule has 0 spiro atoms. The standard InChI is InChI=1S/C15H21ClN2O5S/c1-9(2)7-12(15(20)21)17-14(19)10-5-6-11(16)13(8-10)24(22,23)18(3)4/h5-6,8-9,12H,7H2,1-4H3,(H,17,19)(H,20,21)/t12-/m0/s1. The van der Waals surface area contributed by atoms with Crippen LogP contribution < -0.4 is 5.32 Å². The van der Waals surface area contributed by atoms with Gasteiger partial charge in [-0.05, 0) is 30.5 Å². The Kier molecular flexibility index (Phi) is 6.76. The summed E-state index contributed by atoms with van der Waals surface area (Å²) < 4.78 is 25.4. The SMILES string of the molecule is CC(C)C[C@H](NC(=O)c1ccc(Cl)c(S(=O)(=O)N(C)C)c1)C(=O)O. The van der Waals surface area contributed by atoms with Crippen LogP contribution in [0.25, 0.3) is 0 Å². The van der Waals surface area contributed by atoms with E-state index in [0.717, 1.165) is 10.4 Å². The molecule has 0 saturated heterocycles. The number of hydrogen-bond acceptors (Lipinski definition) is 4. The molecule has 0 fully saturated rings. The van der Waals surface area contributed by atoms with Gasteiger partial charge in [0.05, 0.1) is 5.02 Å². The van der Waals surface area contributed by atoms with Crippen molar-refractivity contribution in [1.29, 1.82) is 0 Å². The molecular formula is C15H21ClN2O5S. The van der Waals surface area contributed by atoms with E-state index in [1.54, 1.807) is 0 Å². The normalized spacial score (nSPS) is 13.1. The van der Waals surface area contributed by atoms with Crippen LogP contribution in [0.5, 0.6) is 0 Å². The number of aliphatic carboxylic acids is 1. The van der Waals surface area contributed by atoms with E-state index < -0.39 is 27.9 Å². The summed E-state index contributed by atoms with van der Waals surface area (Å²) in [6.45, 7) is 3.68. The first-order valence-electron chi connectivity index (χ1n) is 7.22. The number of nitrogens with one attached hydrogen (secondary N) is 1. The lowest BCUT2D eigenvalue weighted by Crippen LogP contribution is -2.41. The first-order chi connectivity index (χ1) is 11.0. The molecule has 7 nitrogen and oxygen atoms in total. The van der Waals surface area contributed by atoms with Gasteiger partial charge in [0.1, 0.15) is 10.9 Å². The van der Waals surface area contributed by atoms with Gasteiger partial charge >= 0.3 is 5.97 Å². The summed E-state index contributed by atoms with van der Waals surface area (Å²) in [6.07, 6.45) is 0.261. The molecule has 2 N–H and O–H groups in total. The number of rotatable bonds is 7. The van der Waals surface area contributed by atoms with Crippen molar-refractivity contribution in [3.05, 3.63) is 28.8 Å². The molecule has 9 heteroatoms. The molecule has 1 aromatic rings. The fourth-order valence-electron chi connectivity index (χ4n) is 1.97. The largest absolute Gasteiger partial charge is 0.480 e. The highest BCUT2D eigenvalue weighted by Crippen LogP contribution is 2.24. The Labute approximate surface area is 146 Å². The Hall–Kier alpha value is -1.64. The molecule has 0 heterocycles. The number of sulfonamides is 1. The van der Waals surface area contributed by atoms with Crippen molar-refractivity contribution >= 4 is 33.5 Å². The molecule has 24 heavy (non-hydrogen) atoms. The second-order valence-electron chi connectivity index (χ2n) is 5.93. The third-order valence-corrected chi connectivity index (χ3v) is 5.56. The number of hydrogen-bond donors (Lipinski definition) is 2. The quantitative estimate of drug-likeness (QED) is 0.755. The highest BCUT2D eigenvalue weighted by atomic mass is 35.5.